The number of amides is 2. The van der Waals surface area contributed by atoms with Gasteiger partial charge in [-0.15, -0.1) is 0 Å². The fraction of sp³-hybridized carbons (Fsp3) is 0.385. The first-order valence-electron chi connectivity index (χ1n) is 6.05. The summed E-state index contributed by atoms with van der Waals surface area (Å²) in [4.78, 5) is 16.7. The maximum atomic E-state index is 13.3. The lowest BCUT2D eigenvalue weighted by Crippen LogP contribution is -2.35. The van der Waals surface area contributed by atoms with Crippen LogP contribution < -0.4 is 10.6 Å². The summed E-state index contributed by atoms with van der Waals surface area (Å²) < 4.78 is 13.3. The quantitative estimate of drug-likeness (QED) is 0.881. The second-order valence-corrected chi connectivity index (χ2v) is 4.56. The second-order valence-electron chi connectivity index (χ2n) is 4.56. The number of anilines is 1. The predicted octanol–water partition coefficient (Wildman–Crippen LogP) is 2.42. The number of rotatable bonds is 3. The highest BCUT2D eigenvalue weighted by molar-refractivity contribution is 5.89. The molecule has 0 bridgehead atoms. The van der Waals surface area contributed by atoms with E-state index in [0.29, 0.717) is 24.2 Å². The van der Waals surface area contributed by atoms with E-state index in [1.54, 1.807) is 19.1 Å². The zero-order valence-corrected chi connectivity index (χ0v) is 10.9. The summed E-state index contributed by atoms with van der Waals surface area (Å²) in [5.41, 5.74) is 1.87. The summed E-state index contributed by atoms with van der Waals surface area (Å²) in [5.74, 6) is -0.346. The Hall–Kier alpha value is -2.11. The molecule has 0 radical (unpaired) electrons. The van der Waals surface area contributed by atoms with E-state index in [1.165, 1.54) is 6.07 Å². The lowest BCUT2D eigenvalue weighted by atomic mass is 10.2. The van der Waals surface area contributed by atoms with E-state index >= 15 is 0 Å². The van der Waals surface area contributed by atoms with E-state index in [0.717, 1.165) is 5.71 Å². The van der Waals surface area contributed by atoms with Crippen molar-refractivity contribution in [2.45, 2.75) is 26.4 Å². The molecule has 1 atom stereocenters. The molecule has 1 aliphatic rings. The third kappa shape index (κ3) is 3.67. The van der Waals surface area contributed by atoms with Crippen molar-refractivity contribution in [3.8, 4) is 0 Å². The van der Waals surface area contributed by atoms with E-state index in [-0.39, 0.29) is 11.9 Å². The Bertz CT molecular complexity index is 517. The van der Waals surface area contributed by atoms with Crippen molar-refractivity contribution in [3.05, 3.63) is 29.6 Å². The third-order valence-corrected chi connectivity index (χ3v) is 2.80. The molecule has 19 heavy (non-hydrogen) atoms. The summed E-state index contributed by atoms with van der Waals surface area (Å²) in [6, 6.07) is 4.16. The molecule has 1 heterocycles. The average Bonchev–Trinajstić information content (AvgIpc) is 2.77. The van der Waals surface area contributed by atoms with Crippen molar-refractivity contribution < 1.29 is 14.0 Å². The van der Waals surface area contributed by atoms with Gasteiger partial charge in [0.05, 0.1) is 12.3 Å². The van der Waals surface area contributed by atoms with E-state index in [1.807, 2.05) is 6.92 Å². The van der Waals surface area contributed by atoms with Crippen LogP contribution in [-0.2, 0) is 4.84 Å². The smallest absolute Gasteiger partial charge is 0.319 e. The molecule has 1 aliphatic heterocycles. The van der Waals surface area contributed by atoms with Crippen LogP contribution in [0.25, 0.3) is 0 Å². The molecule has 0 spiro atoms. The van der Waals surface area contributed by atoms with Gasteiger partial charge in [-0.3, -0.25) is 0 Å². The summed E-state index contributed by atoms with van der Waals surface area (Å²) in [7, 11) is 0. The lowest BCUT2D eigenvalue weighted by molar-refractivity contribution is 0.0870. The van der Waals surface area contributed by atoms with Crippen molar-refractivity contribution >= 4 is 17.4 Å². The first-order valence-corrected chi connectivity index (χ1v) is 6.05. The molecule has 0 aromatic heterocycles. The van der Waals surface area contributed by atoms with Gasteiger partial charge in [-0.2, -0.15) is 0 Å². The molecule has 2 amide bonds. The normalized spacial score (nSPS) is 17.6. The fourth-order valence-corrected chi connectivity index (χ4v) is 1.73. The van der Waals surface area contributed by atoms with Gasteiger partial charge in [-0.25, -0.2) is 9.18 Å². The van der Waals surface area contributed by atoms with E-state index in [4.69, 9.17) is 4.84 Å². The van der Waals surface area contributed by atoms with Gasteiger partial charge in [0.1, 0.15) is 11.9 Å². The van der Waals surface area contributed by atoms with Crippen LogP contribution in [0.3, 0.4) is 0 Å². The van der Waals surface area contributed by atoms with Crippen molar-refractivity contribution in [1.29, 1.82) is 0 Å². The van der Waals surface area contributed by atoms with Crippen molar-refractivity contribution in [1.82, 2.24) is 5.32 Å². The van der Waals surface area contributed by atoms with Gasteiger partial charge in [0.2, 0.25) is 0 Å². The minimum atomic E-state index is -0.392. The first kappa shape index (κ1) is 13.3. The van der Waals surface area contributed by atoms with Crippen molar-refractivity contribution in [2.75, 3.05) is 11.9 Å². The van der Waals surface area contributed by atoms with Gasteiger partial charge in [-0.05, 0) is 31.5 Å². The number of benzene rings is 1. The van der Waals surface area contributed by atoms with Gasteiger partial charge in [-0.1, -0.05) is 11.2 Å². The molecule has 0 fully saturated rings. The molecule has 0 saturated carbocycles. The highest BCUT2D eigenvalue weighted by Gasteiger charge is 2.18. The zero-order valence-electron chi connectivity index (χ0n) is 10.9. The Morgan fingerprint density at radius 3 is 2.95 bits per heavy atom. The fourth-order valence-electron chi connectivity index (χ4n) is 1.73. The standard InChI is InChI=1S/C13H16FN3O2/c1-8-3-4-10(6-12(8)14)16-13(18)15-7-11-5-9(2)17-19-11/h3-4,6,11H,5,7H2,1-2H3,(H2,15,16,18). The third-order valence-electron chi connectivity index (χ3n) is 2.80. The number of nitrogens with zero attached hydrogens (tertiary/aromatic N) is 1. The average molecular weight is 265 g/mol. The summed E-state index contributed by atoms with van der Waals surface area (Å²) in [6.07, 6.45) is 0.583. The molecule has 0 saturated heterocycles. The number of carbonyl (C=O) groups excluding carboxylic acids is 1. The maximum Gasteiger partial charge on any atom is 0.319 e. The number of oxime groups is 1. The Morgan fingerprint density at radius 1 is 1.53 bits per heavy atom. The predicted molar refractivity (Wildman–Crippen MR) is 70.8 cm³/mol. The first-order chi connectivity index (χ1) is 9.04. The van der Waals surface area contributed by atoms with Gasteiger partial charge in [0.25, 0.3) is 0 Å². The monoisotopic (exact) mass is 265 g/mol. The molecular weight excluding hydrogens is 249 g/mol. The Morgan fingerprint density at radius 2 is 2.32 bits per heavy atom. The van der Waals surface area contributed by atoms with Crippen LogP contribution in [0.4, 0.5) is 14.9 Å². The molecule has 1 aromatic carbocycles. The summed E-state index contributed by atoms with van der Waals surface area (Å²) >= 11 is 0. The Labute approximate surface area is 110 Å². The number of hydrogen-bond donors (Lipinski definition) is 2. The number of urea groups is 1. The van der Waals surface area contributed by atoms with Crippen molar-refractivity contribution in [3.63, 3.8) is 0 Å². The van der Waals surface area contributed by atoms with Crippen LogP contribution in [0.15, 0.2) is 23.4 Å². The minimum Gasteiger partial charge on any atom is -0.390 e. The van der Waals surface area contributed by atoms with Crippen LogP contribution in [0.5, 0.6) is 0 Å². The molecule has 0 aliphatic carbocycles. The molecule has 102 valence electrons. The number of carbonyl (C=O) groups is 1. The molecule has 2 rings (SSSR count). The summed E-state index contributed by atoms with van der Waals surface area (Å²) in [5, 5.41) is 9.02. The Balaban J connectivity index is 1.79. The highest BCUT2D eigenvalue weighted by atomic mass is 19.1. The molecule has 5 nitrogen and oxygen atoms in total. The minimum absolute atomic E-state index is 0.125. The topological polar surface area (TPSA) is 62.7 Å². The number of hydrogen-bond acceptors (Lipinski definition) is 3. The van der Waals surface area contributed by atoms with Crippen molar-refractivity contribution in [2.24, 2.45) is 5.16 Å². The van der Waals surface area contributed by atoms with E-state index in [9.17, 15) is 9.18 Å². The van der Waals surface area contributed by atoms with Crippen LogP contribution in [-0.4, -0.2) is 24.4 Å². The summed E-state index contributed by atoms with van der Waals surface area (Å²) in [6.45, 7) is 3.90. The van der Waals surface area contributed by atoms with Crippen LogP contribution in [0.1, 0.15) is 18.9 Å². The van der Waals surface area contributed by atoms with Crippen LogP contribution in [0, 0.1) is 12.7 Å². The molecular formula is C13H16FN3O2. The largest absolute Gasteiger partial charge is 0.390 e. The number of nitrogens with one attached hydrogen (secondary N) is 2. The van der Waals surface area contributed by atoms with Crippen LogP contribution >= 0.6 is 0 Å². The van der Waals surface area contributed by atoms with Gasteiger partial charge in [0.15, 0.2) is 0 Å². The second kappa shape index (κ2) is 5.69. The number of halogens is 1. The zero-order chi connectivity index (χ0) is 13.8. The maximum absolute atomic E-state index is 13.3. The van der Waals surface area contributed by atoms with E-state index < -0.39 is 6.03 Å². The Kier molecular flexibility index (Phi) is 3.99. The van der Waals surface area contributed by atoms with Crippen LogP contribution in [0.2, 0.25) is 0 Å². The lowest BCUT2D eigenvalue weighted by Gasteiger charge is -2.11. The number of aryl methyl sites for hydroxylation is 1. The highest BCUT2D eigenvalue weighted by Crippen LogP contribution is 2.13. The van der Waals surface area contributed by atoms with Gasteiger partial charge in [0, 0.05) is 12.1 Å². The van der Waals surface area contributed by atoms with E-state index in [2.05, 4.69) is 15.8 Å². The van der Waals surface area contributed by atoms with Gasteiger partial charge >= 0.3 is 6.03 Å². The molecule has 1 aromatic rings. The van der Waals surface area contributed by atoms with Gasteiger partial charge < -0.3 is 15.5 Å². The molecule has 2 N–H and O–H groups in total. The molecule has 6 heteroatoms. The SMILES string of the molecule is CC1=NOC(CNC(=O)Nc2ccc(C)c(F)c2)C1. The molecule has 1 unspecified atom stereocenters.